The van der Waals surface area contributed by atoms with Crippen molar-refractivity contribution in [1.29, 1.82) is 0 Å². The summed E-state index contributed by atoms with van der Waals surface area (Å²) in [7, 11) is 1.69. The van der Waals surface area contributed by atoms with E-state index in [0.29, 0.717) is 0 Å². The Morgan fingerprint density at radius 1 is 1.44 bits per heavy atom. The quantitative estimate of drug-likeness (QED) is 0.598. The maximum Gasteiger partial charge on any atom is 0.265 e. The van der Waals surface area contributed by atoms with Crippen molar-refractivity contribution in [2.24, 2.45) is 0 Å². The van der Waals surface area contributed by atoms with Gasteiger partial charge in [-0.25, -0.2) is 0 Å². The van der Waals surface area contributed by atoms with E-state index in [4.69, 9.17) is 9.47 Å². The van der Waals surface area contributed by atoms with Gasteiger partial charge in [-0.15, -0.1) is 0 Å². The van der Waals surface area contributed by atoms with Crippen LogP contribution >= 0.6 is 22.6 Å². The predicted octanol–water partition coefficient (Wildman–Crippen LogP) is 2.44. The van der Waals surface area contributed by atoms with E-state index < -0.39 is 0 Å². The minimum atomic E-state index is 0.0296. The third kappa shape index (κ3) is 3.14. The van der Waals surface area contributed by atoms with E-state index in [1.54, 1.807) is 7.11 Å². The molecule has 0 aromatic heterocycles. The highest BCUT2D eigenvalue weighted by atomic mass is 127. The van der Waals surface area contributed by atoms with E-state index in [2.05, 4.69) is 22.6 Å². The molecule has 5 heteroatoms. The molecule has 0 radical (unpaired) electrons. The molecule has 98 valence electrons. The molecule has 1 aromatic carbocycles. The number of halogens is 1. The van der Waals surface area contributed by atoms with Crippen LogP contribution in [0.2, 0.25) is 0 Å². The van der Waals surface area contributed by atoms with Gasteiger partial charge in [0.25, 0.3) is 5.91 Å². The summed E-state index contributed by atoms with van der Waals surface area (Å²) in [5.74, 6) is 0.823. The Labute approximate surface area is 120 Å². The predicted molar refractivity (Wildman–Crippen MR) is 78.1 cm³/mol. The second-order valence-corrected chi connectivity index (χ2v) is 5.39. The number of unbranched alkanes of at least 4 members (excludes halogenated alkanes) is 1. The fourth-order valence-electron chi connectivity index (χ4n) is 1.94. The Kier molecular flexibility index (Phi) is 4.82. The van der Waals surface area contributed by atoms with E-state index in [1.807, 2.05) is 23.1 Å². The minimum absolute atomic E-state index is 0.0296. The molecule has 1 aliphatic rings. The summed E-state index contributed by atoms with van der Waals surface area (Å²) in [6.45, 7) is 1.59. The molecule has 0 aliphatic carbocycles. The fraction of sp³-hybridized carbons (Fsp3) is 0.462. The second-order valence-electron chi connectivity index (χ2n) is 4.15. The lowest BCUT2D eigenvalue weighted by Gasteiger charge is -2.29. The SMILES string of the molecule is COCCCCN1C(=O)COc2ccc(I)cc21. The van der Waals surface area contributed by atoms with Crippen LogP contribution < -0.4 is 9.64 Å². The molecule has 1 aliphatic heterocycles. The van der Waals surface area contributed by atoms with Crippen LogP contribution in [-0.4, -0.2) is 32.8 Å². The molecule has 0 fully saturated rings. The van der Waals surface area contributed by atoms with Crippen molar-refractivity contribution in [2.75, 3.05) is 31.8 Å². The second kappa shape index (κ2) is 6.38. The Hall–Kier alpha value is -0.820. The standard InChI is InChI=1S/C13H16INO3/c1-17-7-3-2-6-15-11-8-10(14)4-5-12(11)18-9-13(15)16/h4-5,8H,2-3,6-7,9H2,1H3. The van der Waals surface area contributed by atoms with Crippen molar-refractivity contribution >= 4 is 34.2 Å². The third-order valence-electron chi connectivity index (χ3n) is 2.84. The van der Waals surface area contributed by atoms with Crippen molar-refractivity contribution < 1.29 is 14.3 Å². The molecule has 18 heavy (non-hydrogen) atoms. The average Bonchev–Trinajstić information content (AvgIpc) is 2.36. The van der Waals surface area contributed by atoms with Gasteiger partial charge in [0.2, 0.25) is 0 Å². The molecule has 0 unspecified atom stereocenters. The molecule has 1 aromatic rings. The molecule has 2 rings (SSSR count). The minimum Gasteiger partial charge on any atom is -0.482 e. The smallest absolute Gasteiger partial charge is 0.265 e. The Bertz CT molecular complexity index is 436. The molecule has 0 atom stereocenters. The van der Waals surface area contributed by atoms with Crippen LogP contribution in [0.5, 0.6) is 5.75 Å². The number of carbonyl (C=O) groups excluding carboxylic acids is 1. The van der Waals surface area contributed by atoms with Crippen molar-refractivity contribution in [2.45, 2.75) is 12.8 Å². The number of rotatable bonds is 5. The van der Waals surface area contributed by atoms with E-state index in [0.717, 1.165) is 41.0 Å². The van der Waals surface area contributed by atoms with Crippen LogP contribution in [0.3, 0.4) is 0 Å². The van der Waals surface area contributed by atoms with Gasteiger partial charge < -0.3 is 14.4 Å². The highest BCUT2D eigenvalue weighted by Gasteiger charge is 2.24. The molecule has 0 spiro atoms. The molecule has 0 bridgehead atoms. The van der Waals surface area contributed by atoms with E-state index in [-0.39, 0.29) is 12.5 Å². The van der Waals surface area contributed by atoms with Gasteiger partial charge in [0.1, 0.15) is 5.75 Å². The third-order valence-corrected chi connectivity index (χ3v) is 3.52. The van der Waals surface area contributed by atoms with Crippen molar-refractivity contribution in [3.63, 3.8) is 0 Å². The molecule has 1 heterocycles. The number of hydrogen-bond donors (Lipinski definition) is 0. The lowest BCUT2D eigenvalue weighted by molar-refractivity contribution is -0.121. The zero-order valence-electron chi connectivity index (χ0n) is 10.3. The number of ether oxygens (including phenoxy) is 2. The molecule has 0 N–H and O–H groups in total. The van der Waals surface area contributed by atoms with Gasteiger partial charge in [-0.1, -0.05) is 0 Å². The number of anilines is 1. The maximum atomic E-state index is 11.9. The van der Waals surface area contributed by atoms with Crippen LogP contribution in [-0.2, 0) is 9.53 Å². The Morgan fingerprint density at radius 2 is 2.28 bits per heavy atom. The van der Waals surface area contributed by atoms with Gasteiger partial charge in [-0.05, 0) is 53.6 Å². The highest BCUT2D eigenvalue weighted by Crippen LogP contribution is 2.33. The first-order valence-corrected chi connectivity index (χ1v) is 7.02. The van der Waals surface area contributed by atoms with Crippen LogP contribution in [0.4, 0.5) is 5.69 Å². The van der Waals surface area contributed by atoms with Crippen molar-refractivity contribution in [1.82, 2.24) is 0 Å². The van der Waals surface area contributed by atoms with E-state index >= 15 is 0 Å². The van der Waals surface area contributed by atoms with Gasteiger partial charge in [0.05, 0.1) is 5.69 Å². The average molecular weight is 361 g/mol. The highest BCUT2D eigenvalue weighted by molar-refractivity contribution is 14.1. The molecule has 0 saturated carbocycles. The van der Waals surface area contributed by atoms with Gasteiger partial charge in [-0.3, -0.25) is 4.79 Å². The summed E-state index contributed by atoms with van der Waals surface area (Å²) in [4.78, 5) is 13.7. The summed E-state index contributed by atoms with van der Waals surface area (Å²) in [6, 6.07) is 5.90. The number of nitrogens with zero attached hydrogens (tertiary/aromatic N) is 1. The molecular weight excluding hydrogens is 345 g/mol. The molecular formula is C13H16INO3. The first-order chi connectivity index (χ1) is 8.72. The maximum absolute atomic E-state index is 11.9. The zero-order valence-corrected chi connectivity index (χ0v) is 12.5. The lowest BCUT2D eigenvalue weighted by Crippen LogP contribution is -2.39. The van der Waals surface area contributed by atoms with E-state index in [1.165, 1.54) is 0 Å². The number of hydrogen-bond acceptors (Lipinski definition) is 3. The largest absolute Gasteiger partial charge is 0.482 e. The Morgan fingerprint density at radius 3 is 3.06 bits per heavy atom. The number of methoxy groups -OCH3 is 1. The monoisotopic (exact) mass is 361 g/mol. The molecule has 1 amide bonds. The lowest BCUT2D eigenvalue weighted by atomic mass is 10.2. The summed E-state index contributed by atoms with van der Waals surface area (Å²) in [5.41, 5.74) is 0.885. The Balaban J connectivity index is 2.09. The first-order valence-electron chi connectivity index (χ1n) is 5.94. The van der Waals surface area contributed by atoms with Crippen LogP contribution in [0, 0.1) is 3.57 Å². The normalized spacial score (nSPS) is 14.3. The number of benzene rings is 1. The summed E-state index contributed by atoms with van der Waals surface area (Å²) in [6.07, 6.45) is 1.89. The van der Waals surface area contributed by atoms with Crippen LogP contribution in [0.25, 0.3) is 0 Å². The van der Waals surface area contributed by atoms with Crippen molar-refractivity contribution in [3.8, 4) is 5.75 Å². The molecule has 0 saturated heterocycles. The van der Waals surface area contributed by atoms with Gasteiger partial charge in [0, 0.05) is 23.8 Å². The van der Waals surface area contributed by atoms with Gasteiger partial charge in [0.15, 0.2) is 6.61 Å². The summed E-state index contributed by atoms with van der Waals surface area (Å²) in [5, 5.41) is 0. The fourth-order valence-corrected chi connectivity index (χ4v) is 2.41. The number of amides is 1. The first kappa shape index (κ1) is 13.6. The van der Waals surface area contributed by atoms with Gasteiger partial charge >= 0.3 is 0 Å². The number of carbonyl (C=O) groups is 1. The van der Waals surface area contributed by atoms with Crippen LogP contribution in [0.1, 0.15) is 12.8 Å². The molecule has 4 nitrogen and oxygen atoms in total. The summed E-state index contributed by atoms with van der Waals surface area (Å²) >= 11 is 2.24. The van der Waals surface area contributed by atoms with E-state index in [9.17, 15) is 4.79 Å². The zero-order chi connectivity index (χ0) is 13.0. The van der Waals surface area contributed by atoms with Crippen molar-refractivity contribution in [3.05, 3.63) is 21.8 Å². The van der Waals surface area contributed by atoms with Gasteiger partial charge in [-0.2, -0.15) is 0 Å². The number of fused-ring (bicyclic) bond motifs is 1. The van der Waals surface area contributed by atoms with Crippen LogP contribution in [0.15, 0.2) is 18.2 Å². The topological polar surface area (TPSA) is 38.8 Å². The summed E-state index contributed by atoms with van der Waals surface area (Å²) < 4.78 is 11.5.